The zero-order chi connectivity index (χ0) is 12.5. The number of hydrogen-bond acceptors (Lipinski definition) is 2. The Balaban J connectivity index is 1.92. The topological polar surface area (TPSA) is 29.3 Å². The second-order valence-electron chi connectivity index (χ2n) is 5.62. The number of halogens is 1. The summed E-state index contributed by atoms with van der Waals surface area (Å²) < 4.78 is 13.6. The largest absolute Gasteiger partial charge is 0.395 e. The Hall–Kier alpha value is -1.25. The van der Waals surface area contributed by atoms with E-state index in [1.165, 1.54) is 44.6 Å². The van der Waals surface area contributed by atoms with E-state index in [1.807, 2.05) is 6.07 Å². The number of fused-ring (bicyclic) bond motifs is 1. The molecule has 3 heteroatoms. The van der Waals surface area contributed by atoms with Gasteiger partial charge in [-0.25, -0.2) is 4.39 Å². The molecule has 1 saturated carbocycles. The lowest BCUT2D eigenvalue weighted by Crippen LogP contribution is -2.47. The molecule has 2 nitrogen and oxygen atoms in total. The van der Waals surface area contributed by atoms with Gasteiger partial charge in [0.1, 0.15) is 5.82 Å². The van der Waals surface area contributed by atoms with E-state index in [0.29, 0.717) is 11.7 Å². The first-order valence-electron chi connectivity index (χ1n) is 7.08. The van der Waals surface area contributed by atoms with Crippen molar-refractivity contribution in [3.05, 3.63) is 24.0 Å². The fourth-order valence-corrected chi connectivity index (χ4v) is 3.70. The zero-order valence-electron chi connectivity index (χ0n) is 10.7. The average molecular weight is 248 g/mol. The van der Waals surface area contributed by atoms with Crippen LogP contribution >= 0.6 is 0 Å². The number of hydrogen-bond donors (Lipinski definition) is 1. The number of nitrogen functional groups attached to an aromatic ring is 1. The van der Waals surface area contributed by atoms with Gasteiger partial charge < -0.3 is 10.6 Å². The summed E-state index contributed by atoms with van der Waals surface area (Å²) >= 11 is 0. The predicted octanol–water partition coefficient (Wildman–Crippen LogP) is 3.57. The lowest BCUT2D eigenvalue weighted by atomic mass is 9.78. The van der Waals surface area contributed by atoms with Crippen LogP contribution in [0.25, 0.3) is 0 Å². The molecule has 0 amide bonds. The summed E-state index contributed by atoms with van der Waals surface area (Å²) in [5, 5.41) is 0. The smallest absolute Gasteiger partial charge is 0.148 e. The molecule has 1 aromatic carbocycles. The predicted molar refractivity (Wildman–Crippen MR) is 73.1 cm³/mol. The van der Waals surface area contributed by atoms with Gasteiger partial charge in [-0.3, -0.25) is 0 Å². The Kier molecular flexibility index (Phi) is 3.14. The fourth-order valence-electron chi connectivity index (χ4n) is 3.70. The van der Waals surface area contributed by atoms with Gasteiger partial charge >= 0.3 is 0 Å². The normalized spacial score (nSPS) is 27.9. The highest BCUT2D eigenvalue weighted by molar-refractivity contribution is 5.68. The Morgan fingerprint density at radius 2 is 1.89 bits per heavy atom. The van der Waals surface area contributed by atoms with Gasteiger partial charge in [-0.15, -0.1) is 0 Å². The van der Waals surface area contributed by atoms with E-state index in [1.54, 1.807) is 6.07 Å². The maximum absolute atomic E-state index is 13.6. The molecule has 0 bridgehead atoms. The first-order valence-corrected chi connectivity index (χ1v) is 7.08. The van der Waals surface area contributed by atoms with Crippen molar-refractivity contribution in [1.29, 1.82) is 0 Å². The molecule has 2 fully saturated rings. The van der Waals surface area contributed by atoms with E-state index >= 15 is 0 Å². The van der Waals surface area contributed by atoms with Crippen LogP contribution in [0.2, 0.25) is 0 Å². The number of nitrogens with zero attached hydrogens (tertiary/aromatic N) is 1. The number of rotatable bonds is 1. The molecule has 1 aliphatic carbocycles. The van der Waals surface area contributed by atoms with Crippen LogP contribution in [0, 0.1) is 11.7 Å². The second-order valence-corrected chi connectivity index (χ2v) is 5.62. The monoisotopic (exact) mass is 248 g/mol. The molecule has 1 saturated heterocycles. The summed E-state index contributed by atoms with van der Waals surface area (Å²) in [6.07, 6.45) is 7.76. The first kappa shape index (κ1) is 11.8. The second kappa shape index (κ2) is 4.79. The minimum atomic E-state index is -0.287. The van der Waals surface area contributed by atoms with E-state index < -0.39 is 0 Å². The van der Waals surface area contributed by atoms with Crippen LogP contribution in [0.1, 0.15) is 38.5 Å². The molecule has 1 aliphatic heterocycles. The minimum absolute atomic E-state index is 0.287. The van der Waals surface area contributed by atoms with Crippen LogP contribution in [-0.2, 0) is 0 Å². The van der Waals surface area contributed by atoms with Crippen molar-refractivity contribution in [2.45, 2.75) is 44.6 Å². The summed E-state index contributed by atoms with van der Waals surface area (Å²) in [6, 6.07) is 5.76. The van der Waals surface area contributed by atoms with Crippen molar-refractivity contribution in [3.8, 4) is 0 Å². The fraction of sp³-hybridized carbons (Fsp3) is 0.600. The maximum atomic E-state index is 13.6. The molecule has 1 heterocycles. The lowest BCUT2D eigenvalue weighted by molar-refractivity contribution is 0.244. The van der Waals surface area contributed by atoms with Gasteiger partial charge in [-0.05, 0) is 43.7 Å². The molecule has 2 unspecified atom stereocenters. The van der Waals surface area contributed by atoms with Gasteiger partial charge in [0, 0.05) is 12.6 Å². The SMILES string of the molecule is Nc1c(F)cccc1N1CCCC2CCCCC21. The van der Waals surface area contributed by atoms with Gasteiger partial charge in [0.05, 0.1) is 11.4 Å². The Labute approximate surface area is 108 Å². The summed E-state index contributed by atoms with van der Waals surface area (Å²) in [6.45, 7) is 1.02. The van der Waals surface area contributed by atoms with Crippen LogP contribution in [0.5, 0.6) is 0 Å². The quantitative estimate of drug-likeness (QED) is 0.770. The molecule has 98 valence electrons. The minimum Gasteiger partial charge on any atom is -0.395 e. The van der Waals surface area contributed by atoms with Crippen molar-refractivity contribution < 1.29 is 4.39 Å². The van der Waals surface area contributed by atoms with E-state index in [-0.39, 0.29) is 5.82 Å². The summed E-state index contributed by atoms with van der Waals surface area (Å²) in [5.74, 6) is 0.501. The molecule has 1 aromatic rings. The van der Waals surface area contributed by atoms with E-state index in [2.05, 4.69) is 4.90 Å². The Morgan fingerprint density at radius 1 is 1.11 bits per heavy atom. The number of para-hydroxylation sites is 1. The number of nitrogens with two attached hydrogens (primary N) is 1. The third-order valence-corrected chi connectivity index (χ3v) is 4.58. The molecule has 0 radical (unpaired) electrons. The summed E-state index contributed by atoms with van der Waals surface area (Å²) in [5.41, 5.74) is 7.15. The van der Waals surface area contributed by atoms with Crippen LogP contribution < -0.4 is 10.6 Å². The van der Waals surface area contributed by atoms with Gasteiger partial charge in [0.25, 0.3) is 0 Å². The third-order valence-electron chi connectivity index (χ3n) is 4.58. The van der Waals surface area contributed by atoms with Crippen molar-refractivity contribution in [2.75, 3.05) is 17.2 Å². The molecule has 0 aromatic heterocycles. The van der Waals surface area contributed by atoms with Crippen molar-refractivity contribution in [3.63, 3.8) is 0 Å². The van der Waals surface area contributed by atoms with Crippen LogP contribution in [0.4, 0.5) is 15.8 Å². The van der Waals surface area contributed by atoms with Crippen LogP contribution in [0.3, 0.4) is 0 Å². The summed E-state index contributed by atoms with van der Waals surface area (Å²) in [7, 11) is 0. The Morgan fingerprint density at radius 3 is 2.78 bits per heavy atom. The first-order chi connectivity index (χ1) is 8.77. The summed E-state index contributed by atoms with van der Waals surface area (Å²) in [4.78, 5) is 2.37. The number of anilines is 2. The van der Waals surface area contributed by atoms with Crippen LogP contribution in [-0.4, -0.2) is 12.6 Å². The molecule has 2 N–H and O–H groups in total. The zero-order valence-corrected chi connectivity index (χ0v) is 10.7. The van der Waals surface area contributed by atoms with Crippen molar-refractivity contribution >= 4 is 11.4 Å². The highest BCUT2D eigenvalue weighted by Crippen LogP contribution is 2.39. The van der Waals surface area contributed by atoms with E-state index in [9.17, 15) is 4.39 Å². The molecule has 0 spiro atoms. The molecular formula is C15H21FN2. The number of piperidine rings is 1. The highest BCUT2D eigenvalue weighted by Gasteiger charge is 2.34. The van der Waals surface area contributed by atoms with Crippen LogP contribution in [0.15, 0.2) is 18.2 Å². The van der Waals surface area contributed by atoms with E-state index in [4.69, 9.17) is 5.73 Å². The van der Waals surface area contributed by atoms with Crippen molar-refractivity contribution in [2.24, 2.45) is 5.92 Å². The lowest BCUT2D eigenvalue weighted by Gasteiger charge is -2.45. The molecule has 3 rings (SSSR count). The Bertz CT molecular complexity index is 431. The van der Waals surface area contributed by atoms with Gasteiger partial charge in [0.15, 0.2) is 0 Å². The van der Waals surface area contributed by atoms with Gasteiger partial charge in [0.2, 0.25) is 0 Å². The molecule has 2 atom stereocenters. The van der Waals surface area contributed by atoms with Gasteiger partial charge in [-0.1, -0.05) is 18.9 Å². The molecule has 2 aliphatic rings. The molecular weight excluding hydrogens is 227 g/mol. The van der Waals surface area contributed by atoms with Crippen molar-refractivity contribution in [1.82, 2.24) is 0 Å². The molecule has 18 heavy (non-hydrogen) atoms. The van der Waals surface area contributed by atoms with E-state index in [0.717, 1.165) is 18.2 Å². The number of benzene rings is 1. The van der Waals surface area contributed by atoms with Gasteiger partial charge in [-0.2, -0.15) is 0 Å². The average Bonchev–Trinajstić information content (AvgIpc) is 2.41. The highest BCUT2D eigenvalue weighted by atomic mass is 19.1. The standard InChI is InChI=1S/C15H21FN2/c16-12-7-3-9-14(15(12)17)18-10-4-6-11-5-1-2-8-13(11)18/h3,7,9,11,13H,1-2,4-6,8,10,17H2. The maximum Gasteiger partial charge on any atom is 0.148 e. The third kappa shape index (κ3) is 1.96.